The van der Waals surface area contributed by atoms with Gasteiger partial charge in [-0.2, -0.15) is 0 Å². The summed E-state index contributed by atoms with van der Waals surface area (Å²) < 4.78 is 13.4. The molecule has 4 rings (SSSR count). The Bertz CT molecular complexity index is 1160. The summed E-state index contributed by atoms with van der Waals surface area (Å²) in [6, 6.07) is 14.3. The summed E-state index contributed by atoms with van der Waals surface area (Å²) in [5, 5.41) is 3.58. The van der Waals surface area contributed by atoms with Gasteiger partial charge in [-0.05, 0) is 53.9 Å². The Morgan fingerprint density at radius 3 is 2.53 bits per heavy atom. The van der Waals surface area contributed by atoms with E-state index in [1.54, 1.807) is 36.7 Å². The molecule has 0 unspecified atom stereocenters. The predicted molar refractivity (Wildman–Crippen MR) is 113 cm³/mol. The van der Waals surface area contributed by atoms with Crippen LogP contribution in [0.5, 0.6) is 0 Å². The lowest BCUT2D eigenvalue weighted by Gasteiger charge is -2.15. The fourth-order valence-electron chi connectivity index (χ4n) is 3.26. The number of anilines is 1. The van der Waals surface area contributed by atoms with Gasteiger partial charge < -0.3 is 5.32 Å². The summed E-state index contributed by atoms with van der Waals surface area (Å²) in [5.41, 5.74) is 2.95. The van der Waals surface area contributed by atoms with Crippen LogP contribution in [0.4, 0.5) is 10.1 Å². The van der Waals surface area contributed by atoms with E-state index in [9.17, 15) is 14.0 Å². The topological polar surface area (TPSA) is 62.3 Å². The van der Waals surface area contributed by atoms with Gasteiger partial charge in [0.15, 0.2) is 0 Å². The summed E-state index contributed by atoms with van der Waals surface area (Å²) in [6.07, 6.45) is 3.22. The largest absolute Gasteiger partial charge is 0.350 e. The molecule has 1 aliphatic rings. The number of hydrogen-bond acceptors (Lipinski definition) is 4. The molecule has 0 saturated heterocycles. The third-order valence-electron chi connectivity index (χ3n) is 4.82. The van der Waals surface area contributed by atoms with Crippen LogP contribution in [0, 0.1) is 12.7 Å². The van der Waals surface area contributed by atoms with Gasteiger partial charge in [0.2, 0.25) is 0 Å². The Kier molecular flexibility index (Phi) is 5.33. The first-order valence-electron chi connectivity index (χ1n) is 9.22. The van der Waals surface area contributed by atoms with Crippen LogP contribution in [0.2, 0.25) is 5.02 Å². The van der Waals surface area contributed by atoms with Gasteiger partial charge in [0.25, 0.3) is 11.8 Å². The van der Waals surface area contributed by atoms with Crippen molar-refractivity contribution >= 4 is 34.7 Å². The lowest BCUT2D eigenvalue weighted by molar-refractivity contribution is -0.137. The monoisotopic (exact) mass is 421 g/mol. The molecule has 1 aromatic heterocycles. The zero-order valence-corrected chi connectivity index (χ0v) is 16.8. The molecule has 3 aromatic rings. The molecule has 7 heteroatoms. The van der Waals surface area contributed by atoms with E-state index < -0.39 is 17.6 Å². The van der Waals surface area contributed by atoms with Gasteiger partial charge in [-0.25, -0.2) is 4.39 Å². The molecule has 30 heavy (non-hydrogen) atoms. The van der Waals surface area contributed by atoms with Crippen LogP contribution in [0.15, 0.2) is 72.7 Å². The highest BCUT2D eigenvalue weighted by Gasteiger charge is 2.39. The van der Waals surface area contributed by atoms with E-state index in [0.717, 1.165) is 16.0 Å². The van der Waals surface area contributed by atoms with E-state index >= 15 is 0 Å². The highest BCUT2D eigenvalue weighted by molar-refractivity contribution is 6.36. The number of rotatable bonds is 5. The maximum atomic E-state index is 13.4. The summed E-state index contributed by atoms with van der Waals surface area (Å²) >= 11 is 6.11. The minimum atomic E-state index is -0.470. The Balaban J connectivity index is 1.77. The molecular weight excluding hydrogens is 405 g/mol. The Labute approximate surface area is 177 Å². The first kappa shape index (κ1) is 19.8. The third-order valence-corrected chi connectivity index (χ3v) is 5.06. The minimum absolute atomic E-state index is 0.0793. The van der Waals surface area contributed by atoms with Crippen LogP contribution in [-0.2, 0) is 16.1 Å². The number of benzene rings is 2. The van der Waals surface area contributed by atoms with Crippen molar-refractivity contribution in [2.75, 3.05) is 5.32 Å². The smallest absolute Gasteiger partial charge is 0.278 e. The molecular formula is C23H17ClFN3O2. The van der Waals surface area contributed by atoms with Crippen molar-refractivity contribution in [3.05, 3.63) is 100 Å². The first-order chi connectivity index (χ1) is 14.4. The molecule has 5 nitrogen and oxygen atoms in total. The molecule has 2 aromatic carbocycles. The van der Waals surface area contributed by atoms with Gasteiger partial charge in [0.1, 0.15) is 11.5 Å². The molecule has 0 saturated carbocycles. The number of hydrogen-bond donors (Lipinski definition) is 1. The van der Waals surface area contributed by atoms with Crippen LogP contribution in [0.3, 0.4) is 0 Å². The number of nitrogens with one attached hydrogen (secondary N) is 1. The molecule has 0 spiro atoms. The molecule has 0 bridgehead atoms. The number of halogens is 2. The molecule has 0 aliphatic carbocycles. The standard InChI is InChI=1S/C23H17ClFN3O2/c1-14-4-7-17(24)11-19(14)27-21-20(16-5-8-18(25)9-6-16)22(29)28(23(21)30)13-15-3-2-10-26-12-15/h2-12,27H,13H2,1H3. The van der Waals surface area contributed by atoms with Crippen LogP contribution < -0.4 is 5.32 Å². The number of carbonyl (C=O) groups excluding carboxylic acids is 2. The number of carbonyl (C=O) groups is 2. The van der Waals surface area contributed by atoms with E-state index in [1.165, 1.54) is 24.3 Å². The fourth-order valence-corrected chi connectivity index (χ4v) is 3.43. The number of imide groups is 1. The highest BCUT2D eigenvalue weighted by Crippen LogP contribution is 2.33. The maximum Gasteiger partial charge on any atom is 0.278 e. The van der Waals surface area contributed by atoms with Gasteiger partial charge >= 0.3 is 0 Å². The van der Waals surface area contributed by atoms with Gasteiger partial charge in [-0.1, -0.05) is 35.9 Å². The molecule has 2 heterocycles. The lowest BCUT2D eigenvalue weighted by Crippen LogP contribution is -2.32. The quantitative estimate of drug-likeness (QED) is 0.613. The van der Waals surface area contributed by atoms with E-state index in [4.69, 9.17) is 11.6 Å². The van der Waals surface area contributed by atoms with Crippen LogP contribution >= 0.6 is 11.6 Å². The zero-order chi connectivity index (χ0) is 21.3. The van der Waals surface area contributed by atoms with E-state index in [-0.39, 0.29) is 17.8 Å². The molecule has 1 N–H and O–H groups in total. The average Bonchev–Trinajstić information content (AvgIpc) is 2.96. The van der Waals surface area contributed by atoms with E-state index in [1.807, 2.05) is 13.0 Å². The SMILES string of the molecule is Cc1ccc(Cl)cc1NC1=C(c2ccc(F)cc2)C(=O)N(Cc2cccnc2)C1=O. The summed E-state index contributed by atoms with van der Waals surface area (Å²) in [4.78, 5) is 31.6. The predicted octanol–water partition coefficient (Wildman–Crippen LogP) is 4.57. The van der Waals surface area contributed by atoms with Gasteiger partial charge in [0, 0.05) is 23.1 Å². The molecule has 0 radical (unpaired) electrons. The van der Waals surface area contributed by atoms with Crippen molar-refractivity contribution in [1.29, 1.82) is 0 Å². The number of amides is 2. The Morgan fingerprint density at radius 1 is 1.07 bits per heavy atom. The van der Waals surface area contributed by atoms with Crippen molar-refractivity contribution in [1.82, 2.24) is 9.88 Å². The van der Waals surface area contributed by atoms with Gasteiger partial charge in [0.05, 0.1) is 12.1 Å². The Morgan fingerprint density at radius 2 is 1.83 bits per heavy atom. The van der Waals surface area contributed by atoms with Crippen molar-refractivity contribution in [2.24, 2.45) is 0 Å². The highest BCUT2D eigenvalue weighted by atomic mass is 35.5. The van der Waals surface area contributed by atoms with Crippen molar-refractivity contribution in [3.8, 4) is 0 Å². The normalized spacial score (nSPS) is 13.9. The molecule has 1 aliphatic heterocycles. The summed E-state index contributed by atoms with van der Waals surface area (Å²) in [6.45, 7) is 1.95. The zero-order valence-electron chi connectivity index (χ0n) is 16.0. The average molecular weight is 422 g/mol. The minimum Gasteiger partial charge on any atom is -0.350 e. The van der Waals surface area contributed by atoms with Gasteiger partial charge in [-0.3, -0.25) is 19.5 Å². The number of aromatic nitrogens is 1. The third kappa shape index (κ3) is 3.82. The van der Waals surface area contributed by atoms with Crippen LogP contribution in [0.25, 0.3) is 5.57 Å². The van der Waals surface area contributed by atoms with E-state index in [0.29, 0.717) is 16.3 Å². The Hall–Kier alpha value is -3.51. The molecule has 150 valence electrons. The second kappa shape index (κ2) is 8.08. The molecule has 0 atom stereocenters. The van der Waals surface area contributed by atoms with Crippen molar-refractivity contribution in [2.45, 2.75) is 13.5 Å². The lowest BCUT2D eigenvalue weighted by atomic mass is 10.0. The molecule has 0 fully saturated rings. The number of aryl methyl sites for hydroxylation is 1. The fraction of sp³-hybridized carbons (Fsp3) is 0.0870. The summed E-state index contributed by atoms with van der Waals surface area (Å²) in [7, 11) is 0. The first-order valence-corrected chi connectivity index (χ1v) is 9.60. The van der Waals surface area contributed by atoms with Crippen LogP contribution in [0.1, 0.15) is 16.7 Å². The van der Waals surface area contributed by atoms with Crippen LogP contribution in [-0.4, -0.2) is 21.7 Å². The second-order valence-electron chi connectivity index (χ2n) is 6.90. The van der Waals surface area contributed by atoms with Crippen molar-refractivity contribution in [3.63, 3.8) is 0 Å². The number of pyridine rings is 1. The maximum absolute atomic E-state index is 13.4. The second-order valence-corrected chi connectivity index (χ2v) is 7.34. The van der Waals surface area contributed by atoms with Gasteiger partial charge in [-0.15, -0.1) is 0 Å². The van der Waals surface area contributed by atoms with E-state index in [2.05, 4.69) is 10.3 Å². The number of nitrogens with zero attached hydrogens (tertiary/aromatic N) is 2. The summed E-state index contributed by atoms with van der Waals surface area (Å²) in [5.74, 6) is -1.36. The van der Waals surface area contributed by atoms with Crippen molar-refractivity contribution < 1.29 is 14.0 Å². The molecule has 2 amide bonds.